The number of hydrogen-bond acceptors (Lipinski definition) is 4. The van der Waals surface area contributed by atoms with Crippen LogP contribution in [-0.2, 0) is 20.3 Å². The van der Waals surface area contributed by atoms with E-state index >= 15 is 0 Å². The molecule has 9 heteroatoms. The first-order valence-electron chi connectivity index (χ1n) is 7.56. The lowest BCUT2D eigenvalue weighted by molar-refractivity contribution is -0.451. The van der Waals surface area contributed by atoms with Gasteiger partial charge in [0, 0.05) is 29.4 Å². The predicted octanol–water partition coefficient (Wildman–Crippen LogP) is 1.24. The minimum Gasteiger partial charge on any atom is -0.286 e. The fourth-order valence-electron chi connectivity index (χ4n) is 2.67. The third kappa shape index (κ3) is 3.96. The number of nitrogens with one attached hydrogen (secondary N) is 1. The third-order valence-corrected chi connectivity index (χ3v) is 5.97. The van der Waals surface area contributed by atoms with Crippen LogP contribution in [0.25, 0.3) is 21.8 Å². The summed E-state index contributed by atoms with van der Waals surface area (Å²) >= 11 is 0. The molecule has 0 aliphatic carbocycles. The number of benzene rings is 2. The second kappa shape index (κ2) is 6.68. The third-order valence-electron chi connectivity index (χ3n) is 3.73. The Labute approximate surface area is 145 Å². The van der Waals surface area contributed by atoms with Gasteiger partial charge in [-0.15, -0.1) is 8.42 Å². The Hall–Kier alpha value is -2.07. The normalized spacial score (nSPS) is 12.7. The maximum atomic E-state index is 12.8. The van der Waals surface area contributed by atoms with E-state index in [-0.39, 0.29) is 13.0 Å². The Kier molecular flexibility index (Phi) is 4.74. The van der Waals surface area contributed by atoms with Gasteiger partial charge < -0.3 is 0 Å². The summed E-state index contributed by atoms with van der Waals surface area (Å²) in [6, 6.07) is 16.1. The second-order valence-electron chi connectivity index (χ2n) is 5.57. The molecule has 7 nitrogen and oxygen atoms in total. The Morgan fingerprint density at radius 3 is 1.92 bits per heavy atom. The lowest BCUT2D eigenvalue weighted by Gasteiger charge is -2.07. The molecule has 0 aliphatic heterocycles. The summed E-state index contributed by atoms with van der Waals surface area (Å²) in [5.41, 5.74) is 1.03. The van der Waals surface area contributed by atoms with Crippen molar-refractivity contribution >= 4 is 42.1 Å². The second-order valence-corrected chi connectivity index (χ2v) is 8.74. The molecule has 3 aromatic rings. The number of hydrogen-bond donors (Lipinski definition) is 2. The fraction of sp³-hybridized carbons (Fsp3) is 0.188. The molecule has 2 aromatic carbocycles. The molecule has 25 heavy (non-hydrogen) atoms. The van der Waals surface area contributed by atoms with Crippen molar-refractivity contribution in [3.8, 4) is 0 Å². The van der Waals surface area contributed by atoms with E-state index in [0.717, 1.165) is 10.8 Å². The quantitative estimate of drug-likeness (QED) is 0.289. The van der Waals surface area contributed by atoms with Crippen LogP contribution < -0.4 is 8.69 Å². The first-order valence-corrected chi connectivity index (χ1v) is 10.6. The molecule has 0 spiro atoms. The molecule has 0 amide bonds. The molecule has 3 rings (SSSR count). The van der Waals surface area contributed by atoms with Gasteiger partial charge in [-0.1, -0.05) is 28.2 Å². The van der Waals surface area contributed by atoms with Crippen molar-refractivity contribution < 1.29 is 25.4 Å². The van der Waals surface area contributed by atoms with Gasteiger partial charge in [0.25, 0.3) is 10.1 Å². The number of pyridine rings is 1. The minimum atomic E-state index is -4.12. The SMILES string of the molecule is O=S(=O)(O)CCCNS(=O)(=O)[n+]1c2ccccc2cc2ccccc21. The van der Waals surface area contributed by atoms with Gasteiger partial charge in [0.1, 0.15) is 0 Å². The highest BCUT2D eigenvalue weighted by Gasteiger charge is 2.28. The molecule has 1 aromatic heterocycles. The molecule has 0 bridgehead atoms. The maximum absolute atomic E-state index is 12.8. The number of para-hydroxylation sites is 2. The minimum absolute atomic E-state index is 0.0265. The van der Waals surface area contributed by atoms with Gasteiger partial charge in [0.2, 0.25) is 11.0 Å². The van der Waals surface area contributed by atoms with Gasteiger partial charge in [-0.25, -0.2) is 0 Å². The first kappa shape index (κ1) is 17.7. The molecule has 0 atom stereocenters. The van der Waals surface area contributed by atoms with E-state index in [0.29, 0.717) is 11.0 Å². The van der Waals surface area contributed by atoms with Crippen LogP contribution in [0.5, 0.6) is 0 Å². The van der Waals surface area contributed by atoms with E-state index in [1.807, 2.05) is 30.3 Å². The summed E-state index contributed by atoms with van der Waals surface area (Å²) < 4.78 is 59.5. The van der Waals surface area contributed by atoms with Gasteiger partial charge in [0.15, 0.2) is 0 Å². The molecule has 2 N–H and O–H groups in total. The first-order chi connectivity index (χ1) is 11.8. The van der Waals surface area contributed by atoms with Crippen LogP contribution in [0.1, 0.15) is 6.42 Å². The number of aromatic nitrogens is 1. The Balaban J connectivity index is 2.05. The van der Waals surface area contributed by atoms with Crippen molar-refractivity contribution in [2.24, 2.45) is 0 Å². The van der Waals surface area contributed by atoms with Crippen molar-refractivity contribution in [2.45, 2.75) is 6.42 Å². The molecule has 0 radical (unpaired) electrons. The summed E-state index contributed by atoms with van der Waals surface area (Å²) in [5.74, 6) is -0.504. The summed E-state index contributed by atoms with van der Waals surface area (Å²) in [7, 11) is -8.06. The standard InChI is InChI=1S/C16H16N2O5S2/c19-24(20,21)11-5-10-17-25(22,23)18-15-8-3-1-6-13(15)12-14-7-2-4-9-16(14)18/h1-4,6-9,12,17H,5,10-11H2/p+1. The highest BCUT2D eigenvalue weighted by atomic mass is 32.2. The predicted molar refractivity (Wildman–Crippen MR) is 95.0 cm³/mol. The van der Waals surface area contributed by atoms with E-state index < -0.39 is 26.1 Å². The van der Waals surface area contributed by atoms with Gasteiger partial charge in [-0.3, -0.25) is 4.55 Å². The van der Waals surface area contributed by atoms with Crippen LogP contribution >= 0.6 is 0 Å². The van der Waals surface area contributed by atoms with Crippen molar-refractivity contribution in [1.82, 2.24) is 4.72 Å². The fourth-order valence-corrected chi connectivity index (χ4v) is 4.56. The van der Waals surface area contributed by atoms with Crippen molar-refractivity contribution in [1.29, 1.82) is 0 Å². The average Bonchev–Trinajstić information content (AvgIpc) is 2.55. The largest absolute Gasteiger partial charge is 0.446 e. The van der Waals surface area contributed by atoms with E-state index in [4.69, 9.17) is 4.55 Å². The van der Waals surface area contributed by atoms with Gasteiger partial charge in [-0.2, -0.15) is 13.1 Å². The van der Waals surface area contributed by atoms with Crippen molar-refractivity contribution in [3.63, 3.8) is 0 Å². The molecule has 0 saturated heterocycles. The molecule has 0 aliphatic rings. The maximum Gasteiger partial charge on any atom is 0.446 e. The van der Waals surface area contributed by atoms with Crippen molar-refractivity contribution in [2.75, 3.05) is 12.3 Å². The summed E-state index contributed by atoms with van der Waals surface area (Å²) in [6.07, 6.45) is -0.0265. The zero-order valence-corrected chi connectivity index (χ0v) is 14.8. The van der Waals surface area contributed by atoms with E-state index in [1.54, 1.807) is 24.3 Å². The number of rotatable bonds is 6. The Morgan fingerprint density at radius 2 is 1.40 bits per heavy atom. The van der Waals surface area contributed by atoms with Crippen LogP contribution in [0.15, 0.2) is 54.6 Å². The summed E-state index contributed by atoms with van der Waals surface area (Å²) in [5, 5.41) is 1.54. The monoisotopic (exact) mass is 381 g/mol. The molecule has 132 valence electrons. The molecule has 0 saturated carbocycles. The molecule has 1 heterocycles. The lowest BCUT2D eigenvalue weighted by atomic mass is 10.1. The van der Waals surface area contributed by atoms with Crippen molar-refractivity contribution in [3.05, 3.63) is 54.6 Å². The summed E-state index contributed by atoms with van der Waals surface area (Å²) in [4.78, 5) is 0. The highest BCUT2D eigenvalue weighted by Crippen LogP contribution is 2.18. The topological polar surface area (TPSA) is 104 Å². The molecule has 0 fully saturated rings. The molecule has 0 unspecified atom stereocenters. The Morgan fingerprint density at radius 1 is 0.880 bits per heavy atom. The van der Waals surface area contributed by atoms with Crippen LogP contribution in [0.3, 0.4) is 0 Å². The van der Waals surface area contributed by atoms with Crippen LogP contribution in [0, 0.1) is 0 Å². The average molecular weight is 381 g/mol. The van der Waals surface area contributed by atoms with Gasteiger partial charge in [0.05, 0.1) is 5.75 Å². The smallest absolute Gasteiger partial charge is 0.286 e. The lowest BCUT2D eigenvalue weighted by Crippen LogP contribution is -2.52. The zero-order chi connectivity index (χ0) is 18.1. The van der Waals surface area contributed by atoms with Crippen LogP contribution in [-0.4, -0.2) is 33.7 Å². The van der Waals surface area contributed by atoms with Gasteiger partial charge in [-0.05, 0) is 24.6 Å². The van der Waals surface area contributed by atoms with E-state index in [1.165, 1.54) is 3.97 Å². The summed E-state index contributed by atoms with van der Waals surface area (Å²) in [6.45, 7) is -0.104. The van der Waals surface area contributed by atoms with Crippen LogP contribution in [0.4, 0.5) is 0 Å². The molecular weight excluding hydrogens is 364 g/mol. The Bertz CT molecular complexity index is 1090. The zero-order valence-electron chi connectivity index (χ0n) is 13.2. The van der Waals surface area contributed by atoms with E-state index in [2.05, 4.69) is 4.72 Å². The highest BCUT2D eigenvalue weighted by molar-refractivity contribution is 7.85. The molecular formula is C16H17N2O5S2+. The van der Waals surface area contributed by atoms with Gasteiger partial charge >= 0.3 is 10.2 Å². The number of nitrogens with zero attached hydrogens (tertiary/aromatic N) is 1. The van der Waals surface area contributed by atoms with Crippen LogP contribution in [0.2, 0.25) is 0 Å². The number of fused-ring (bicyclic) bond motifs is 2. The van der Waals surface area contributed by atoms with E-state index in [9.17, 15) is 16.8 Å².